The van der Waals surface area contributed by atoms with E-state index in [4.69, 9.17) is 0 Å². The van der Waals surface area contributed by atoms with Gasteiger partial charge in [0.25, 0.3) is 10.2 Å². The van der Waals surface area contributed by atoms with E-state index < -0.39 is 20.0 Å². The molecular formula is C13H20N2O4S2. The van der Waals surface area contributed by atoms with Crippen molar-refractivity contribution >= 4 is 20.0 Å². The summed E-state index contributed by atoms with van der Waals surface area (Å²) in [6.07, 6.45) is 1.06. The molecule has 1 fully saturated rings. The molecular weight excluding hydrogens is 312 g/mol. The standard InChI is InChI=1S/C13H20N2O4S2/c1-14-9-5-10-15(21(14,18)19)11-6-12-20(16,17)13-7-3-2-4-8-13/h2-4,7-8H,5-6,9-12H2,1H3. The van der Waals surface area contributed by atoms with Crippen molar-refractivity contribution < 1.29 is 16.8 Å². The van der Waals surface area contributed by atoms with Crippen LogP contribution in [0.2, 0.25) is 0 Å². The van der Waals surface area contributed by atoms with Crippen molar-refractivity contribution in [2.45, 2.75) is 17.7 Å². The van der Waals surface area contributed by atoms with Gasteiger partial charge in [-0.15, -0.1) is 0 Å². The van der Waals surface area contributed by atoms with Crippen LogP contribution in [0.5, 0.6) is 0 Å². The molecule has 0 aliphatic carbocycles. The number of hydrogen-bond donors (Lipinski definition) is 0. The molecule has 0 aromatic heterocycles. The summed E-state index contributed by atoms with van der Waals surface area (Å²) in [7, 11) is -5.22. The van der Waals surface area contributed by atoms with Crippen LogP contribution in [0.1, 0.15) is 12.8 Å². The predicted octanol–water partition coefficient (Wildman–Crippen LogP) is 0.733. The summed E-state index contributed by atoms with van der Waals surface area (Å²) >= 11 is 0. The Morgan fingerprint density at radius 3 is 2.48 bits per heavy atom. The van der Waals surface area contributed by atoms with E-state index in [1.165, 1.54) is 8.61 Å². The van der Waals surface area contributed by atoms with Crippen LogP contribution >= 0.6 is 0 Å². The summed E-state index contributed by atoms with van der Waals surface area (Å²) in [4.78, 5) is 0.281. The maximum atomic E-state index is 12.1. The molecule has 0 spiro atoms. The molecule has 6 nitrogen and oxygen atoms in total. The number of rotatable bonds is 5. The summed E-state index contributed by atoms with van der Waals surface area (Å²) in [5.74, 6) is -0.0489. The summed E-state index contributed by atoms with van der Waals surface area (Å²) in [5, 5.41) is 0. The monoisotopic (exact) mass is 332 g/mol. The Kier molecular flexibility index (Phi) is 5.03. The zero-order valence-electron chi connectivity index (χ0n) is 12.0. The molecule has 1 aliphatic heterocycles. The highest BCUT2D eigenvalue weighted by Crippen LogP contribution is 2.16. The van der Waals surface area contributed by atoms with Crippen molar-refractivity contribution in [2.75, 3.05) is 32.4 Å². The first-order chi connectivity index (χ1) is 9.84. The lowest BCUT2D eigenvalue weighted by Crippen LogP contribution is -2.48. The van der Waals surface area contributed by atoms with Crippen molar-refractivity contribution in [3.05, 3.63) is 30.3 Å². The van der Waals surface area contributed by atoms with Crippen LogP contribution in [0.4, 0.5) is 0 Å². The van der Waals surface area contributed by atoms with Gasteiger partial charge in [-0.1, -0.05) is 18.2 Å². The molecule has 21 heavy (non-hydrogen) atoms. The predicted molar refractivity (Wildman–Crippen MR) is 80.9 cm³/mol. The summed E-state index contributed by atoms with van der Waals surface area (Å²) < 4.78 is 51.0. The van der Waals surface area contributed by atoms with Crippen LogP contribution in [0.3, 0.4) is 0 Å². The van der Waals surface area contributed by atoms with Gasteiger partial charge in [-0.05, 0) is 25.0 Å². The molecule has 1 saturated heterocycles. The lowest BCUT2D eigenvalue weighted by atomic mass is 10.4. The minimum atomic E-state index is -3.41. The molecule has 0 saturated carbocycles. The normalized spacial score (nSPS) is 20.4. The highest BCUT2D eigenvalue weighted by Gasteiger charge is 2.30. The number of benzene rings is 1. The van der Waals surface area contributed by atoms with Crippen LogP contribution in [0.15, 0.2) is 35.2 Å². The molecule has 0 N–H and O–H groups in total. The van der Waals surface area contributed by atoms with E-state index in [0.29, 0.717) is 19.5 Å². The van der Waals surface area contributed by atoms with E-state index in [-0.39, 0.29) is 17.2 Å². The molecule has 0 bridgehead atoms. The molecule has 0 unspecified atom stereocenters. The highest BCUT2D eigenvalue weighted by molar-refractivity contribution is 7.91. The Morgan fingerprint density at radius 1 is 1.14 bits per heavy atom. The molecule has 0 atom stereocenters. The van der Waals surface area contributed by atoms with Gasteiger partial charge in [0, 0.05) is 26.7 Å². The Hall–Kier alpha value is -0.960. The lowest BCUT2D eigenvalue weighted by Gasteiger charge is -2.32. The van der Waals surface area contributed by atoms with Crippen LogP contribution in [0.25, 0.3) is 0 Å². The molecule has 1 heterocycles. The van der Waals surface area contributed by atoms with Gasteiger partial charge in [-0.3, -0.25) is 0 Å². The minimum absolute atomic E-state index is 0.0489. The largest absolute Gasteiger partial charge is 0.281 e. The third-order valence-electron chi connectivity index (χ3n) is 3.52. The Morgan fingerprint density at radius 2 is 1.81 bits per heavy atom. The number of nitrogens with zero attached hydrogens (tertiary/aromatic N) is 2. The van der Waals surface area contributed by atoms with Gasteiger partial charge in [0.15, 0.2) is 9.84 Å². The second-order valence-corrected chi connectivity index (χ2v) is 9.21. The SMILES string of the molecule is CN1CCCN(CCCS(=O)(=O)c2ccccc2)S1(=O)=O. The van der Waals surface area contributed by atoms with Crippen molar-refractivity contribution in [1.29, 1.82) is 0 Å². The van der Waals surface area contributed by atoms with Crippen LogP contribution < -0.4 is 0 Å². The first kappa shape index (κ1) is 16.4. The minimum Gasteiger partial charge on any atom is -0.224 e. The van der Waals surface area contributed by atoms with Gasteiger partial charge < -0.3 is 0 Å². The third-order valence-corrected chi connectivity index (χ3v) is 7.33. The first-order valence-corrected chi connectivity index (χ1v) is 9.88. The second-order valence-electron chi connectivity index (χ2n) is 5.07. The molecule has 118 valence electrons. The number of sulfone groups is 1. The fourth-order valence-electron chi connectivity index (χ4n) is 2.30. The molecule has 8 heteroatoms. The maximum absolute atomic E-state index is 12.1. The highest BCUT2D eigenvalue weighted by atomic mass is 32.2. The quantitative estimate of drug-likeness (QED) is 0.797. The van der Waals surface area contributed by atoms with Gasteiger partial charge in [-0.2, -0.15) is 17.0 Å². The molecule has 2 rings (SSSR count). The van der Waals surface area contributed by atoms with E-state index in [0.717, 1.165) is 6.42 Å². The Labute approximate surface area is 126 Å². The summed E-state index contributed by atoms with van der Waals surface area (Å²) in [5.41, 5.74) is 0. The first-order valence-electron chi connectivity index (χ1n) is 6.83. The van der Waals surface area contributed by atoms with E-state index >= 15 is 0 Å². The smallest absolute Gasteiger partial charge is 0.224 e. The van der Waals surface area contributed by atoms with E-state index in [9.17, 15) is 16.8 Å². The second kappa shape index (κ2) is 6.43. The van der Waals surface area contributed by atoms with Crippen molar-refractivity contribution in [3.8, 4) is 0 Å². The number of hydrogen-bond acceptors (Lipinski definition) is 4. The molecule has 0 amide bonds. The zero-order valence-corrected chi connectivity index (χ0v) is 13.6. The Bertz CT molecular complexity index is 671. The molecule has 1 aromatic rings. The van der Waals surface area contributed by atoms with Crippen molar-refractivity contribution in [2.24, 2.45) is 0 Å². The Balaban J connectivity index is 1.96. The molecule has 0 radical (unpaired) electrons. The fourth-order valence-corrected chi connectivity index (χ4v) is 5.09. The van der Waals surface area contributed by atoms with Gasteiger partial charge in [0.2, 0.25) is 0 Å². The molecule has 1 aliphatic rings. The van der Waals surface area contributed by atoms with E-state index in [1.807, 2.05) is 0 Å². The van der Waals surface area contributed by atoms with Gasteiger partial charge in [0.1, 0.15) is 0 Å². The van der Waals surface area contributed by atoms with Crippen molar-refractivity contribution in [3.63, 3.8) is 0 Å². The van der Waals surface area contributed by atoms with Crippen LogP contribution in [-0.2, 0) is 20.0 Å². The van der Waals surface area contributed by atoms with Crippen molar-refractivity contribution in [1.82, 2.24) is 8.61 Å². The summed E-state index contributed by atoms with van der Waals surface area (Å²) in [6, 6.07) is 8.23. The zero-order chi connectivity index (χ0) is 15.5. The van der Waals surface area contributed by atoms with Crippen LogP contribution in [0, 0.1) is 0 Å². The third kappa shape index (κ3) is 3.82. The van der Waals surface area contributed by atoms with E-state index in [1.54, 1.807) is 37.4 Å². The lowest BCUT2D eigenvalue weighted by molar-refractivity contribution is 0.307. The molecule has 1 aromatic carbocycles. The average molecular weight is 332 g/mol. The van der Waals surface area contributed by atoms with Gasteiger partial charge >= 0.3 is 0 Å². The fraction of sp³-hybridized carbons (Fsp3) is 0.538. The van der Waals surface area contributed by atoms with Gasteiger partial charge in [-0.25, -0.2) is 8.42 Å². The van der Waals surface area contributed by atoms with Gasteiger partial charge in [0.05, 0.1) is 10.6 Å². The van der Waals surface area contributed by atoms with E-state index in [2.05, 4.69) is 0 Å². The summed E-state index contributed by atoms with van der Waals surface area (Å²) in [6.45, 7) is 1.21. The topological polar surface area (TPSA) is 74.8 Å². The van der Waals surface area contributed by atoms with Crippen LogP contribution in [-0.4, -0.2) is 57.9 Å². The maximum Gasteiger partial charge on any atom is 0.281 e. The average Bonchev–Trinajstić information content (AvgIpc) is 2.45.